The van der Waals surface area contributed by atoms with Crippen molar-refractivity contribution in [2.24, 2.45) is 5.73 Å². The maximum Gasteiger partial charge on any atom is 0.139 e. The average molecular weight is 286 g/mol. The van der Waals surface area contributed by atoms with Crippen molar-refractivity contribution in [1.29, 1.82) is 5.41 Å². The fourth-order valence-electron chi connectivity index (χ4n) is 2.37. The lowest BCUT2D eigenvalue weighted by Gasteiger charge is -2.10. The Balaban J connectivity index is 0.00000147. The molecule has 3 aromatic rings. The number of nitrogens with zero attached hydrogens (tertiary/aromatic N) is 1. The van der Waals surface area contributed by atoms with Crippen molar-refractivity contribution < 1.29 is 0 Å². The van der Waals surface area contributed by atoms with Crippen molar-refractivity contribution in [3.8, 4) is 0 Å². The number of amidine groups is 1. The van der Waals surface area contributed by atoms with Crippen LogP contribution in [0.4, 0.5) is 0 Å². The molecule has 1 aromatic heterocycles. The number of aromatic nitrogens is 1. The van der Waals surface area contributed by atoms with Crippen molar-refractivity contribution in [1.82, 2.24) is 4.57 Å². The van der Waals surface area contributed by atoms with Gasteiger partial charge in [-0.15, -0.1) is 12.4 Å². The molecule has 0 atom stereocenters. The number of rotatable bonds is 3. The van der Waals surface area contributed by atoms with Crippen LogP contribution < -0.4 is 5.73 Å². The molecular weight excluding hydrogens is 270 g/mol. The first-order chi connectivity index (χ1) is 9.25. The quantitative estimate of drug-likeness (QED) is 0.562. The zero-order valence-corrected chi connectivity index (χ0v) is 11.7. The number of fused-ring (bicyclic) bond motifs is 1. The van der Waals surface area contributed by atoms with Gasteiger partial charge in [-0.2, -0.15) is 0 Å². The lowest BCUT2D eigenvalue weighted by molar-refractivity contribution is 0.825. The fraction of sp³-hybridized carbons (Fsp3) is 0.0625. The summed E-state index contributed by atoms with van der Waals surface area (Å²) < 4.78 is 2.09. The van der Waals surface area contributed by atoms with Gasteiger partial charge in [-0.25, -0.2) is 0 Å². The van der Waals surface area contributed by atoms with Gasteiger partial charge in [-0.1, -0.05) is 48.5 Å². The Morgan fingerprint density at radius 3 is 2.35 bits per heavy atom. The molecule has 4 heteroatoms. The summed E-state index contributed by atoms with van der Waals surface area (Å²) in [5.41, 5.74) is 8.77. The van der Waals surface area contributed by atoms with Gasteiger partial charge in [0.1, 0.15) is 5.84 Å². The van der Waals surface area contributed by atoms with Gasteiger partial charge in [-0.05, 0) is 17.7 Å². The predicted octanol–water partition coefficient (Wildman–Crippen LogP) is 3.40. The molecule has 102 valence electrons. The molecule has 2 aromatic carbocycles. The van der Waals surface area contributed by atoms with Crippen LogP contribution in [0.25, 0.3) is 10.9 Å². The van der Waals surface area contributed by atoms with Gasteiger partial charge in [0.05, 0.1) is 5.69 Å². The van der Waals surface area contributed by atoms with E-state index in [0.717, 1.165) is 23.1 Å². The molecule has 3 rings (SSSR count). The van der Waals surface area contributed by atoms with Crippen LogP contribution in [0.5, 0.6) is 0 Å². The minimum atomic E-state index is 0. The Kier molecular flexibility index (Phi) is 4.11. The van der Waals surface area contributed by atoms with E-state index in [1.165, 1.54) is 5.56 Å². The van der Waals surface area contributed by atoms with E-state index in [0.29, 0.717) is 0 Å². The third-order valence-electron chi connectivity index (χ3n) is 3.27. The molecular formula is C16H16ClN3. The standard InChI is InChI=1S/C16H15N3.ClH/c17-16(18)15-10-13-8-4-5-9-14(13)19(15)11-12-6-2-1-3-7-12;/h1-10H,11H2,(H3,17,18);1H. The highest BCUT2D eigenvalue weighted by Crippen LogP contribution is 2.21. The van der Waals surface area contributed by atoms with E-state index in [1.807, 2.05) is 42.5 Å². The summed E-state index contributed by atoms with van der Waals surface area (Å²) in [6.07, 6.45) is 0. The Morgan fingerprint density at radius 1 is 1.00 bits per heavy atom. The summed E-state index contributed by atoms with van der Waals surface area (Å²) in [4.78, 5) is 0. The van der Waals surface area contributed by atoms with Gasteiger partial charge in [-0.3, -0.25) is 5.41 Å². The number of nitrogen functional groups attached to an aromatic ring is 1. The van der Waals surface area contributed by atoms with Crippen molar-refractivity contribution >= 4 is 29.1 Å². The van der Waals surface area contributed by atoms with Crippen LogP contribution in [0, 0.1) is 5.41 Å². The molecule has 3 nitrogen and oxygen atoms in total. The molecule has 0 aliphatic heterocycles. The van der Waals surface area contributed by atoms with E-state index < -0.39 is 0 Å². The normalized spacial score (nSPS) is 10.2. The first-order valence-electron chi connectivity index (χ1n) is 6.22. The van der Waals surface area contributed by atoms with Crippen molar-refractivity contribution in [3.05, 3.63) is 71.9 Å². The van der Waals surface area contributed by atoms with Gasteiger partial charge < -0.3 is 10.3 Å². The van der Waals surface area contributed by atoms with Crippen molar-refractivity contribution in [2.75, 3.05) is 0 Å². The second kappa shape index (κ2) is 5.80. The summed E-state index contributed by atoms with van der Waals surface area (Å²) in [5, 5.41) is 8.85. The number of hydrogen-bond acceptors (Lipinski definition) is 1. The predicted molar refractivity (Wildman–Crippen MR) is 85.7 cm³/mol. The summed E-state index contributed by atoms with van der Waals surface area (Å²) in [7, 11) is 0. The van der Waals surface area contributed by atoms with Crippen molar-refractivity contribution in [2.45, 2.75) is 6.54 Å². The molecule has 0 bridgehead atoms. The SMILES string of the molecule is Cl.N=C(N)c1cc2ccccc2n1Cc1ccccc1. The second-order valence-corrected chi connectivity index (χ2v) is 4.57. The highest BCUT2D eigenvalue weighted by atomic mass is 35.5. The van der Waals surface area contributed by atoms with Crippen LogP contribution in [0.15, 0.2) is 60.7 Å². The van der Waals surface area contributed by atoms with Crippen LogP contribution in [-0.4, -0.2) is 10.4 Å². The maximum absolute atomic E-state index is 7.73. The van der Waals surface area contributed by atoms with E-state index >= 15 is 0 Å². The Hall–Kier alpha value is -2.26. The zero-order chi connectivity index (χ0) is 13.2. The smallest absolute Gasteiger partial charge is 0.139 e. The molecule has 0 fully saturated rings. The molecule has 3 N–H and O–H groups in total. The lowest BCUT2D eigenvalue weighted by atomic mass is 10.2. The summed E-state index contributed by atoms with van der Waals surface area (Å²) in [6.45, 7) is 0.725. The minimum Gasteiger partial charge on any atom is -0.382 e. The molecule has 0 aliphatic carbocycles. The van der Waals surface area contributed by atoms with Crippen LogP contribution in [0.3, 0.4) is 0 Å². The molecule has 20 heavy (non-hydrogen) atoms. The van der Waals surface area contributed by atoms with Crippen LogP contribution in [-0.2, 0) is 6.54 Å². The molecule has 0 unspecified atom stereocenters. The van der Waals surface area contributed by atoms with Crippen LogP contribution in [0.1, 0.15) is 11.3 Å². The molecule has 0 spiro atoms. The first-order valence-corrected chi connectivity index (χ1v) is 6.22. The van der Waals surface area contributed by atoms with Crippen LogP contribution >= 0.6 is 12.4 Å². The van der Waals surface area contributed by atoms with Crippen LogP contribution in [0.2, 0.25) is 0 Å². The van der Waals surface area contributed by atoms with E-state index in [4.69, 9.17) is 11.1 Å². The van der Waals surface area contributed by atoms with Gasteiger partial charge in [0, 0.05) is 17.4 Å². The Morgan fingerprint density at radius 2 is 1.65 bits per heavy atom. The number of nitrogens with two attached hydrogens (primary N) is 1. The second-order valence-electron chi connectivity index (χ2n) is 4.57. The monoisotopic (exact) mass is 285 g/mol. The zero-order valence-electron chi connectivity index (χ0n) is 10.9. The molecule has 0 saturated carbocycles. The van der Waals surface area contributed by atoms with Crippen molar-refractivity contribution in [3.63, 3.8) is 0 Å². The number of para-hydroxylation sites is 1. The largest absolute Gasteiger partial charge is 0.382 e. The number of nitrogens with one attached hydrogen (secondary N) is 1. The third-order valence-corrected chi connectivity index (χ3v) is 3.27. The van der Waals surface area contributed by atoms with E-state index in [-0.39, 0.29) is 18.2 Å². The Bertz CT molecular complexity index is 732. The summed E-state index contributed by atoms with van der Waals surface area (Å²) in [5.74, 6) is 0.104. The maximum atomic E-state index is 7.73. The molecule has 0 amide bonds. The fourth-order valence-corrected chi connectivity index (χ4v) is 2.37. The number of benzene rings is 2. The minimum absolute atomic E-state index is 0. The molecule has 1 heterocycles. The van der Waals surface area contributed by atoms with Gasteiger partial charge >= 0.3 is 0 Å². The third kappa shape index (κ3) is 2.53. The summed E-state index contributed by atoms with van der Waals surface area (Å²) in [6, 6.07) is 20.3. The number of hydrogen-bond donors (Lipinski definition) is 2. The van der Waals surface area contributed by atoms with Gasteiger partial charge in [0.2, 0.25) is 0 Å². The van der Waals surface area contributed by atoms with Gasteiger partial charge in [0.25, 0.3) is 0 Å². The number of halogens is 1. The Labute approximate surface area is 123 Å². The van der Waals surface area contributed by atoms with Gasteiger partial charge in [0.15, 0.2) is 0 Å². The molecule has 0 radical (unpaired) electrons. The highest BCUT2D eigenvalue weighted by Gasteiger charge is 2.10. The molecule has 0 aliphatic rings. The van der Waals surface area contributed by atoms with E-state index in [1.54, 1.807) is 0 Å². The topological polar surface area (TPSA) is 54.8 Å². The lowest BCUT2D eigenvalue weighted by Crippen LogP contribution is -2.17. The average Bonchev–Trinajstić information content (AvgIpc) is 2.79. The highest BCUT2D eigenvalue weighted by molar-refractivity contribution is 5.99. The molecule has 0 saturated heterocycles. The first kappa shape index (κ1) is 14.2. The van der Waals surface area contributed by atoms with E-state index in [9.17, 15) is 0 Å². The van der Waals surface area contributed by atoms with E-state index in [2.05, 4.69) is 22.8 Å². The summed E-state index contributed by atoms with van der Waals surface area (Å²) >= 11 is 0.